The minimum Gasteiger partial charge on any atom is -0.408 e. The summed E-state index contributed by atoms with van der Waals surface area (Å²) in [6.07, 6.45) is -0.0543. The smallest absolute Gasteiger partial charge is 0.408 e. The standard InChI is InChI=1S/C19H16N4O4/c1-11-5-3-4-6-13(11)18-21-17(27-22-18)10-16(24)20-12-7-8-15-14(9-12)23(2)19(25)26-15/h3-9H,10H2,1-2H3,(H,20,24). The third kappa shape index (κ3) is 3.24. The molecule has 0 spiro atoms. The first kappa shape index (κ1) is 16.8. The van der Waals surface area contributed by atoms with Gasteiger partial charge in [-0.1, -0.05) is 29.4 Å². The average molecular weight is 364 g/mol. The summed E-state index contributed by atoms with van der Waals surface area (Å²) < 4.78 is 11.6. The third-order valence-corrected chi connectivity index (χ3v) is 4.24. The zero-order chi connectivity index (χ0) is 19.0. The van der Waals surface area contributed by atoms with Crippen LogP contribution in [-0.4, -0.2) is 20.6 Å². The number of hydrogen-bond acceptors (Lipinski definition) is 6. The summed E-state index contributed by atoms with van der Waals surface area (Å²) >= 11 is 0. The Labute approximate surface area is 153 Å². The molecular formula is C19H16N4O4. The Hall–Kier alpha value is -3.68. The lowest BCUT2D eigenvalue weighted by molar-refractivity contribution is -0.115. The van der Waals surface area contributed by atoms with Crippen LogP contribution < -0.4 is 11.1 Å². The van der Waals surface area contributed by atoms with Gasteiger partial charge in [-0.25, -0.2) is 4.79 Å². The Bertz CT molecular complexity index is 1200. The average Bonchev–Trinajstić information content (AvgIpc) is 3.21. The van der Waals surface area contributed by atoms with Gasteiger partial charge >= 0.3 is 5.76 Å². The lowest BCUT2D eigenvalue weighted by Crippen LogP contribution is -2.14. The van der Waals surface area contributed by atoms with Gasteiger partial charge in [-0.3, -0.25) is 9.36 Å². The summed E-state index contributed by atoms with van der Waals surface area (Å²) in [5.74, 6) is -0.0841. The number of fused-ring (bicyclic) bond motifs is 1. The zero-order valence-corrected chi connectivity index (χ0v) is 14.7. The molecule has 0 aliphatic heterocycles. The van der Waals surface area contributed by atoms with Crippen molar-refractivity contribution in [1.29, 1.82) is 0 Å². The maximum absolute atomic E-state index is 12.3. The number of aryl methyl sites for hydroxylation is 2. The van der Waals surface area contributed by atoms with Gasteiger partial charge in [0.2, 0.25) is 17.6 Å². The summed E-state index contributed by atoms with van der Waals surface area (Å²) in [5, 5.41) is 6.70. The second-order valence-electron chi connectivity index (χ2n) is 6.16. The maximum Gasteiger partial charge on any atom is 0.419 e. The number of nitrogens with one attached hydrogen (secondary N) is 1. The molecule has 0 aliphatic rings. The first-order valence-corrected chi connectivity index (χ1v) is 8.29. The summed E-state index contributed by atoms with van der Waals surface area (Å²) in [4.78, 5) is 28.1. The molecule has 2 aromatic carbocycles. The molecule has 8 heteroatoms. The first-order chi connectivity index (χ1) is 13.0. The fourth-order valence-electron chi connectivity index (χ4n) is 2.81. The van der Waals surface area contributed by atoms with E-state index in [1.165, 1.54) is 4.57 Å². The van der Waals surface area contributed by atoms with Crippen LogP contribution in [0.3, 0.4) is 0 Å². The highest BCUT2D eigenvalue weighted by Crippen LogP contribution is 2.21. The van der Waals surface area contributed by atoms with E-state index in [1.54, 1.807) is 25.2 Å². The molecule has 0 atom stereocenters. The largest absolute Gasteiger partial charge is 0.419 e. The molecule has 4 rings (SSSR count). The number of benzene rings is 2. The van der Waals surface area contributed by atoms with Crippen LogP contribution in [0.4, 0.5) is 5.69 Å². The van der Waals surface area contributed by atoms with Gasteiger partial charge in [0.15, 0.2) is 5.58 Å². The molecule has 4 aromatic rings. The van der Waals surface area contributed by atoms with Crippen molar-refractivity contribution in [2.24, 2.45) is 7.05 Å². The maximum atomic E-state index is 12.3. The SMILES string of the molecule is Cc1ccccc1-c1noc(CC(=O)Nc2ccc3oc(=O)n(C)c3c2)n1. The van der Waals surface area contributed by atoms with Crippen molar-refractivity contribution in [2.45, 2.75) is 13.3 Å². The van der Waals surface area contributed by atoms with Crippen LogP contribution in [0.5, 0.6) is 0 Å². The lowest BCUT2D eigenvalue weighted by atomic mass is 10.1. The van der Waals surface area contributed by atoms with Crippen LogP contribution in [0.15, 0.2) is 56.2 Å². The number of hydrogen-bond donors (Lipinski definition) is 1. The van der Waals surface area contributed by atoms with Gasteiger partial charge in [0.05, 0.1) is 5.52 Å². The van der Waals surface area contributed by atoms with Gasteiger partial charge in [0, 0.05) is 18.3 Å². The van der Waals surface area contributed by atoms with E-state index in [0.29, 0.717) is 22.6 Å². The van der Waals surface area contributed by atoms with Crippen molar-refractivity contribution >= 4 is 22.7 Å². The highest BCUT2D eigenvalue weighted by atomic mass is 16.5. The fourth-order valence-corrected chi connectivity index (χ4v) is 2.81. The molecule has 0 saturated carbocycles. The van der Waals surface area contributed by atoms with Gasteiger partial charge < -0.3 is 14.3 Å². The Kier molecular flexibility index (Phi) is 4.08. The highest BCUT2D eigenvalue weighted by Gasteiger charge is 2.14. The van der Waals surface area contributed by atoms with Gasteiger partial charge in [-0.15, -0.1) is 0 Å². The van der Waals surface area contributed by atoms with E-state index in [1.807, 2.05) is 31.2 Å². The van der Waals surface area contributed by atoms with Gasteiger partial charge in [-0.2, -0.15) is 4.98 Å². The monoisotopic (exact) mass is 364 g/mol. The molecular weight excluding hydrogens is 348 g/mol. The van der Waals surface area contributed by atoms with Gasteiger partial charge in [-0.05, 0) is 30.7 Å². The Morgan fingerprint density at radius 3 is 2.85 bits per heavy atom. The van der Waals surface area contributed by atoms with Crippen LogP contribution in [0, 0.1) is 6.92 Å². The second kappa shape index (κ2) is 6.56. The van der Waals surface area contributed by atoms with Crippen molar-refractivity contribution in [2.75, 3.05) is 5.32 Å². The molecule has 0 saturated heterocycles. The summed E-state index contributed by atoms with van der Waals surface area (Å²) in [7, 11) is 1.60. The van der Waals surface area contributed by atoms with E-state index in [-0.39, 0.29) is 18.2 Å². The van der Waals surface area contributed by atoms with Crippen molar-refractivity contribution in [1.82, 2.24) is 14.7 Å². The normalized spacial score (nSPS) is 11.0. The molecule has 0 fully saturated rings. The number of amides is 1. The predicted molar refractivity (Wildman–Crippen MR) is 98.3 cm³/mol. The summed E-state index contributed by atoms with van der Waals surface area (Å²) in [6.45, 7) is 1.96. The number of anilines is 1. The minimum atomic E-state index is -0.455. The van der Waals surface area contributed by atoms with E-state index < -0.39 is 5.76 Å². The number of rotatable bonds is 4. The third-order valence-electron chi connectivity index (χ3n) is 4.24. The van der Waals surface area contributed by atoms with Crippen molar-refractivity contribution in [3.05, 3.63) is 64.5 Å². The predicted octanol–water partition coefficient (Wildman–Crippen LogP) is 2.67. The van der Waals surface area contributed by atoms with E-state index in [4.69, 9.17) is 8.94 Å². The van der Waals surface area contributed by atoms with Crippen LogP contribution >= 0.6 is 0 Å². The molecule has 0 unspecified atom stereocenters. The second-order valence-corrected chi connectivity index (χ2v) is 6.16. The number of carbonyl (C=O) groups is 1. The van der Waals surface area contributed by atoms with Crippen molar-refractivity contribution in [3.63, 3.8) is 0 Å². The number of aromatic nitrogens is 3. The van der Waals surface area contributed by atoms with Gasteiger partial charge in [0.25, 0.3) is 0 Å². The molecule has 0 radical (unpaired) electrons. The number of oxazole rings is 1. The first-order valence-electron chi connectivity index (χ1n) is 8.29. The molecule has 0 bridgehead atoms. The molecule has 136 valence electrons. The quantitative estimate of drug-likeness (QED) is 0.597. The highest BCUT2D eigenvalue weighted by molar-refractivity contribution is 5.93. The fraction of sp³-hybridized carbons (Fsp3) is 0.158. The number of nitrogens with zero attached hydrogens (tertiary/aromatic N) is 3. The van der Waals surface area contributed by atoms with Crippen molar-refractivity contribution in [3.8, 4) is 11.4 Å². The van der Waals surface area contributed by atoms with E-state index in [2.05, 4.69) is 15.5 Å². The van der Waals surface area contributed by atoms with E-state index in [0.717, 1.165) is 11.1 Å². The Morgan fingerprint density at radius 1 is 1.22 bits per heavy atom. The summed E-state index contributed by atoms with van der Waals surface area (Å²) in [5.41, 5.74) is 3.48. The minimum absolute atomic E-state index is 0.0543. The lowest BCUT2D eigenvalue weighted by Gasteiger charge is -2.03. The molecule has 8 nitrogen and oxygen atoms in total. The Balaban J connectivity index is 1.49. The number of carbonyl (C=O) groups excluding carboxylic acids is 1. The molecule has 2 aromatic heterocycles. The summed E-state index contributed by atoms with van der Waals surface area (Å²) in [6, 6.07) is 12.6. The van der Waals surface area contributed by atoms with Crippen LogP contribution in [-0.2, 0) is 18.3 Å². The molecule has 27 heavy (non-hydrogen) atoms. The van der Waals surface area contributed by atoms with Crippen LogP contribution in [0.25, 0.3) is 22.5 Å². The Morgan fingerprint density at radius 2 is 2.04 bits per heavy atom. The molecule has 2 heterocycles. The van der Waals surface area contributed by atoms with E-state index in [9.17, 15) is 9.59 Å². The molecule has 1 N–H and O–H groups in total. The van der Waals surface area contributed by atoms with Crippen LogP contribution in [0.2, 0.25) is 0 Å². The van der Waals surface area contributed by atoms with Gasteiger partial charge in [0.1, 0.15) is 6.42 Å². The van der Waals surface area contributed by atoms with Crippen LogP contribution in [0.1, 0.15) is 11.5 Å². The van der Waals surface area contributed by atoms with Crippen molar-refractivity contribution < 1.29 is 13.7 Å². The molecule has 1 amide bonds. The van der Waals surface area contributed by atoms with E-state index >= 15 is 0 Å². The zero-order valence-electron chi connectivity index (χ0n) is 14.7. The molecule has 0 aliphatic carbocycles. The topological polar surface area (TPSA) is 103 Å².